The largest absolute Gasteiger partial charge is 0.471 e. The van der Waals surface area contributed by atoms with E-state index in [1.165, 1.54) is 0 Å². The van der Waals surface area contributed by atoms with E-state index in [1.807, 2.05) is 18.2 Å². The lowest BCUT2D eigenvalue weighted by molar-refractivity contribution is 0.287. The van der Waals surface area contributed by atoms with Crippen LogP contribution in [-0.2, 0) is 11.3 Å². The summed E-state index contributed by atoms with van der Waals surface area (Å²) in [6.45, 7) is 0.391. The zero-order valence-electron chi connectivity index (χ0n) is 12.8. The summed E-state index contributed by atoms with van der Waals surface area (Å²) >= 11 is 23.3. The van der Waals surface area contributed by atoms with Crippen molar-refractivity contribution >= 4 is 82.6 Å². The van der Waals surface area contributed by atoms with Crippen LogP contribution in [0.4, 0.5) is 5.69 Å². The Hall–Kier alpha value is -0.860. The van der Waals surface area contributed by atoms with Gasteiger partial charge in [0.2, 0.25) is 5.90 Å². The molecule has 0 saturated heterocycles. The normalized spacial score (nSPS) is 13.2. The van der Waals surface area contributed by atoms with Crippen LogP contribution in [0.1, 0.15) is 11.3 Å². The summed E-state index contributed by atoms with van der Waals surface area (Å²) in [6, 6.07) is 9.29. The molecule has 1 aliphatic heterocycles. The predicted molar refractivity (Wildman–Crippen MR) is 114 cm³/mol. The van der Waals surface area contributed by atoms with Gasteiger partial charge in [-0.3, -0.25) is 4.57 Å². The fraction of sp³-hybridized carbons (Fsp3) is 0.0588. The Balaban J connectivity index is 1.91. The van der Waals surface area contributed by atoms with E-state index in [9.17, 15) is 0 Å². The zero-order valence-corrected chi connectivity index (χ0v) is 19.1. The van der Waals surface area contributed by atoms with Gasteiger partial charge >= 0.3 is 0 Å². The second kappa shape index (κ2) is 7.28. The van der Waals surface area contributed by atoms with E-state index in [-0.39, 0.29) is 0 Å². The number of rotatable bonds is 2. The van der Waals surface area contributed by atoms with E-state index in [2.05, 4.69) is 57.8 Å². The number of benzene rings is 1. The fourth-order valence-corrected chi connectivity index (χ4v) is 4.86. The minimum atomic E-state index is 0.391. The molecule has 0 aliphatic carbocycles. The summed E-state index contributed by atoms with van der Waals surface area (Å²) in [4.78, 5) is 9.03. The average Bonchev–Trinajstić information content (AvgIpc) is 2.90. The molecule has 0 atom stereocenters. The van der Waals surface area contributed by atoms with Crippen molar-refractivity contribution in [1.29, 1.82) is 0 Å². The number of hydrogen-bond acceptors (Lipinski definition) is 3. The quantitative estimate of drug-likeness (QED) is 0.325. The third-order valence-electron chi connectivity index (χ3n) is 3.75. The number of nitrogens with zero attached hydrogens (tertiary/aromatic N) is 3. The minimum Gasteiger partial charge on any atom is -0.471 e. The maximum absolute atomic E-state index is 6.48. The van der Waals surface area contributed by atoms with Gasteiger partial charge in [-0.2, -0.15) is 0 Å². The molecule has 9 heteroatoms. The molecule has 0 fully saturated rings. The first-order chi connectivity index (χ1) is 12.5. The number of ether oxygens (including phenoxy) is 1. The van der Waals surface area contributed by atoms with Crippen molar-refractivity contribution in [3.05, 3.63) is 71.4 Å². The second-order valence-electron chi connectivity index (χ2n) is 5.41. The van der Waals surface area contributed by atoms with Crippen molar-refractivity contribution in [2.24, 2.45) is 4.99 Å². The van der Waals surface area contributed by atoms with Gasteiger partial charge in [-0.15, -0.1) is 0 Å². The fourth-order valence-electron chi connectivity index (χ4n) is 2.63. The minimum absolute atomic E-state index is 0.391. The molecule has 4 nitrogen and oxygen atoms in total. The average molecular weight is 581 g/mol. The third-order valence-corrected chi connectivity index (χ3v) is 6.32. The first-order valence-corrected chi connectivity index (χ1v) is 10.5. The molecule has 0 radical (unpaired) electrons. The van der Waals surface area contributed by atoms with E-state index >= 15 is 0 Å². The number of fused-ring (bicyclic) bond motifs is 1. The van der Waals surface area contributed by atoms with Gasteiger partial charge in [0.25, 0.3) is 0 Å². The molecule has 1 aromatic carbocycles. The molecule has 0 saturated carbocycles. The van der Waals surface area contributed by atoms with Crippen molar-refractivity contribution in [3.63, 3.8) is 0 Å². The molecular formula is C17H8Br3Cl2N3O. The maximum Gasteiger partial charge on any atom is 0.239 e. The lowest BCUT2D eigenvalue weighted by Gasteiger charge is -2.19. The number of hydrogen-bond donors (Lipinski definition) is 0. The predicted octanol–water partition coefficient (Wildman–Crippen LogP) is 7.08. The number of halogens is 5. The molecule has 0 amide bonds. The first-order valence-electron chi connectivity index (χ1n) is 7.33. The van der Waals surface area contributed by atoms with Crippen molar-refractivity contribution in [2.45, 2.75) is 6.61 Å². The van der Waals surface area contributed by atoms with Crippen LogP contribution in [-0.4, -0.2) is 15.4 Å². The zero-order chi connectivity index (χ0) is 18.4. The van der Waals surface area contributed by atoms with E-state index in [0.29, 0.717) is 38.7 Å². The summed E-state index contributed by atoms with van der Waals surface area (Å²) in [5.74, 6) is 0.946. The van der Waals surface area contributed by atoms with Gasteiger partial charge in [-0.1, -0.05) is 39.1 Å². The molecule has 132 valence electrons. The molecule has 0 N–H and O–H groups in total. The Labute approximate surface area is 184 Å². The maximum atomic E-state index is 6.48. The van der Waals surface area contributed by atoms with Crippen LogP contribution in [0.5, 0.6) is 0 Å². The summed E-state index contributed by atoms with van der Waals surface area (Å²) in [6.07, 6.45) is 1.65. The Kier molecular flexibility index (Phi) is 5.18. The molecule has 3 aromatic rings. The monoisotopic (exact) mass is 577 g/mol. The van der Waals surface area contributed by atoms with Crippen LogP contribution in [0.2, 0.25) is 10.2 Å². The molecule has 0 unspecified atom stereocenters. The van der Waals surface area contributed by atoms with Gasteiger partial charge in [-0.25, -0.2) is 9.98 Å². The Bertz CT molecular complexity index is 1070. The van der Waals surface area contributed by atoms with Gasteiger partial charge in [0.15, 0.2) is 5.82 Å². The second-order valence-corrected chi connectivity index (χ2v) is 8.80. The van der Waals surface area contributed by atoms with Crippen LogP contribution >= 0.6 is 71.0 Å². The van der Waals surface area contributed by atoms with Crippen LogP contribution in [0.25, 0.3) is 5.82 Å². The first kappa shape index (κ1) is 18.5. The van der Waals surface area contributed by atoms with E-state index in [1.54, 1.807) is 22.9 Å². The van der Waals surface area contributed by atoms with Crippen LogP contribution in [0.3, 0.4) is 0 Å². The van der Waals surface area contributed by atoms with Crippen molar-refractivity contribution in [2.75, 3.05) is 0 Å². The van der Waals surface area contributed by atoms with Crippen LogP contribution < -0.4 is 0 Å². The summed E-state index contributed by atoms with van der Waals surface area (Å²) in [5, 5.41) is 0.910. The number of pyridine rings is 1. The molecule has 26 heavy (non-hydrogen) atoms. The lowest BCUT2D eigenvalue weighted by Crippen LogP contribution is -2.16. The van der Waals surface area contributed by atoms with E-state index in [0.717, 1.165) is 20.2 Å². The molecule has 0 spiro atoms. The summed E-state index contributed by atoms with van der Waals surface area (Å²) < 4.78 is 10.2. The van der Waals surface area contributed by atoms with Gasteiger partial charge in [0.05, 0.1) is 15.2 Å². The van der Waals surface area contributed by atoms with Crippen molar-refractivity contribution in [3.8, 4) is 5.82 Å². The summed E-state index contributed by atoms with van der Waals surface area (Å²) in [7, 11) is 0. The smallest absolute Gasteiger partial charge is 0.239 e. The highest BCUT2D eigenvalue weighted by Gasteiger charge is 2.25. The molecule has 3 heterocycles. The van der Waals surface area contributed by atoms with Crippen molar-refractivity contribution in [1.82, 2.24) is 9.55 Å². The Morgan fingerprint density at radius 1 is 1.08 bits per heavy atom. The standard InChI is InChI=1S/C17H8Br3Cl2N3O/c18-9-4-8-7-26-17(24-14(8)10(19)5-9)13-6-11(20)15(22)25(13)16-12(21)2-1-3-23-16/h1-6H,7H2. The number of aliphatic imine (C=N–C) groups is 1. The van der Waals surface area contributed by atoms with Gasteiger partial charge in [0, 0.05) is 20.7 Å². The van der Waals surface area contributed by atoms with Gasteiger partial charge in [-0.05, 0) is 62.2 Å². The highest BCUT2D eigenvalue weighted by Crippen LogP contribution is 2.38. The third kappa shape index (κ3) is 3.24. The van der Waals surface area contributed by atoms with E-state index < -0.39 is 0 Å². The molecule has 0 bridgehead atoms. The van der Waals surface area contributed by atoms with Gasteiger partial charge in [0.1, 0.15) is 17.5 Å². The molecule has 2 aromatic heterocycles. The summed E-state index contributed by atoms with van der Waals surface area (Å²) in [5.41, 5.74) is 2.46. The highest BCUT2D eigenvalue weighted by atomic mass is 79.9. The molecule has 4 rings (SSSR count). The number of aromatic nitrogens is 2. The van der Waals surface area contributed by atoms with Crippen molar-refractivity contribution < 1.29 is 4.74 Å². The highest BCUT2D eigenvalue weighted by molar-refractivity contribution is 9.11. The van der Waals surface area contributed by atoms with E-state index in [4.69, 9.17) is 27.9 Å². The van der Waals surface area contributed by atoms with Crippen LogP contribution in [0.15, 0.2) is 54.9 Å². The van der Waals surface area contributed by atoms with Crippen LogP contribution in [0, 0.1) is 0 Å². The SMILES string of the molecule is Clc1cccnc1-n1c(C2=Nc3c(Br)cc(Br)cc3CO2)cc(Br)c1Cl. The topological polar surface area (TPSA) is 39.4 Å². The lowest BCUT2D eigenvalue weighted by atomic mass is 10.2. The Morgan fingerprint density at radius 3 is 2.65 bits per heavy atom. The molecular weight excluding hydrogens is 573 g/mol. The Morgan fingerprint density at radius 2 is 1.88 bits per heavy atom. The van der Waals surface area contributed by atoms with Gasteiger partial charge < -0.3 is 4.74 Å². The molecule has 1 aliphatic rings.